The van der Waals surface area contributed by atoms with Gasteiger partial charge in [-0.1, -0.05) is 19.1 Å². The van der Waals surface area contributed by atoms with Crippen molar-refractivity contribution in [3.8, 4) is 6.07 Å². The molecule has 0 bridgehead atoms. The predicted octanol–water partition coefficient (Wildman–Crippen LogP) is 3.88. The number of hydrogen-bond donors (Lipinski definition) is 1. The van der Waals surface area contributed by atoms with Crippen molar-refractivity contribution >= 4 is 11.4 Å². The van der Waals surface area contributed by atoms with Crippen LogP contribution in [0, 0.1) is 25.2 Å². The number of pyridine rings is 1. The highest BCUT2D eigenvalue weighted by Crippen LogP contribution is 2.23. The number of nitrogens with one attached hydrogen (secondary N) is 1. The van der Waals surface area contributed by atoms with Gasteiger partial charge in [0, 0.05) is 11.4 Å². The minimum atomic E-state index is 0.604. The van der Waals surface area contributed by atoms with E-state index < -0.39 is 0 Å². The summed E-state index contributed by atoms with van der Waals surface area (Å²) in [6.45, 7) is 5.92. The van der Waals surface area contributed by atoms with E-state index in [2.05, 4.69) is 35.4 Å². The average molecular weight is 251 g/mol. The van der Waals surface area contributed by atoms with Gasteiger partial charge in [0.1, 0.15) is 6.07 Å². The first kappa shape index (κ1) is 13.1. The average Bonchev–Trinajstić information content (AvgIpc) is 2.38. The summed E-state index contributed by atoms with van der Waals surface area (Å²) >= 11 is 0. The van der Waals surface area contributed by atoms with Gasteiger partial charge < -0.3 is 5.32 Å². The molecule has 3 nitrogen and oxygen atoms in total. The van der Waals surface area contributed by atoms with Gasteiger partial charge in [-0.15, -0.1) is 0 Å². The molecule has 1 aromatic heterocycles. The molecule has 0 unspecified atom stereocenters. The quantitative estimate of drug-likeness (QED) is 0.900. The number of hydrogen-bond acceptors (Lipinski definition) is 3. The van der Waals surface area contributed by atoms with Crippen LogP contribution in [0.25, 0.3) is 0 Å². The van der Waals surface area contributed by atoms with Gasteiger partial charge in [-0.2, -0.15) is 5.26 Å². The monoisotopic (exact) mass is 251 g/mol. The fraction of sp³-hybridized carbons (Fsp3) is 0.250. The molecule has 1 heterocycles. The van der Waals surface area contributed by atoms with E-state index in [1.165, 1.54) is 5.56 Å². The third-order valence-corrected chi connectivity index (χ3v) is 3.05. The van der Waals surface area contributed by atoms with Crippen molar-refractivity contribution in [3.63, 3.8) is 0 Å². The Balaban J connectivity index is 2.40. The van der Waals surface area contributed by atoms with Crippen molar-refractivity contribution in [3.05, 3.63) is 52.8 Å². The molecule has 2 rings (SSSR count). The minimum absolute atomic E-state index is 0.604. The lowest BCUT2D eigenvalue weighted by atomic mass is 10.1. The Morgan fingerprint density at radius 2 is 2.05 bits per heavy atom. The first-order valence-corrected chi connectivity index (χ1v) is 6.38. The molecule has 0 atom stereocenters. The number of aromatic nitrogens is 1. The van der Waals surface area contributed by atoms with Gasteiger partial charge in [0.25, 0.3) is 0 Å². The first-order valence-electron chi connectivity index (χ1n) is 6.38. The molecule has 1 N–H and O–H groups in total. The van der Waals surface area contributed by atoms with Crippen LogP contribution in [0.1, 0.15) is 29.4 Å². The molecule has 0 aliphatic heterocycles. The molecule has 0 aliphatic carbocycles. The highest BCUT2D eigenvalue weighted by Gasteiger charge is 2.08. The Labute approximate surface area is 113 Å². The van der Waals surface area contributed by atoms with E-state index in [9.17, 15) is 5.26 Å². The molecule has 3 heteroatoms. The lowest BCUT2D eigenvalue weighted by molar-refractivity contribution is 1.11. The second-order valence-corrected chi connectivity index (χ2v) is 4.56. The van der Waals surface area contributed by atoms with Crippen molar-refractivity contribution in [2.24, 2.45) is 0 Å². The molecule has 96 valence electrons. The molecular formula is C16H17N3. The molecule has 0 fully saturated rings. The second kappa shape index (κ2) is 5.53. The van der Waals surface area contributed by atoms with Crippen LogP contribution < -0.4 is 5.32 Å². The van der Waals surface area contributed by atoms with Crippen LogP contribution in [0.5, 0.6) is 0 Å². The van der Waals surface area contributed by atoms with E-state index >= 15 is 0 Å². The van der Waals surface area contributed by atoms with Crippen LogP contribution >= 0.6 is 0 Å². The Kier molecular flexibility index (Phi) is 3.82. The Morgan fingerprint density at radius 1 is 1.26 bits per heavy atom. The van der Waals surface area contributed by atoms with Gasteiger partial charge in [-0.05, 0) is 44.0 Å². The van der Waals surface area contributed by atoms with Crippen LogP contribution in [0.15, 0.2) is 30.3 Å². The number of nitrogens with zero attached hydrogens (tertiary/aromatic N) is 2. The molecule has 0 saturated carbocycles. The zero-order valence-electron chi connectivity index (χ0n) is 11.5. The van der Waals surface area contributed by atoms with E-state index in [1.54, 1.807) is 0 Å². The van der Waals surface area contributed by atoms with Gasteiger partial charge in [-0.25, -0.2) is 0 Å². The van der Waals surface area contributed by atoms with Crippen molar-refractivity contribution in [2.75, 3.05) is 5.32 Å². The predicted molar refractivity (Wildman–Crippen MR) is 77.5 cm³/mol. The molecule has 0 amide bonds. The summed E-state index contributed by atoms with van der Waals surface area (Å²) in [6, 6.07) is 12.3. The summed E-state index contributed by atoms with van der Waals surface area (Å²) in [5.74, 6) is 0. The normalized spacial score (nSPS) is 10.0. The summed E-state index contributed by atoms with van der Waals surface area (Å²) in [5, 5.41) is 12.6. The van der Waals surface area contributed by atoms with Crippen molar-refractivity contribution in [1.82, 2.24) is 4.98 Å². The van der Waals surface area contributed by atoms with Crippen LogP contribution in [0.3, 0.4) is 0 Å². The first-order chi connectivity index (χ1) is 9.13. The number of aryl methyl sites for hydroxylation is 3. The number of rotatable bonds is 3. The molecule has 0 aliphatic rings. The lowest BCUT2D eigenvalue weighted by Crippen LogP contribution is -2.00. The Bertz CT molecular complexity index is 639. The summed E-state index contributed by atoms with van der Waals surface area (Å²) in [5.41, 5.74) is 5.36. The topological polar surface area (TPSA) is 48.7 Å². The highest BCUT2D eigenvalue weighted by molar-refractivity contribution is 5.68. The Hall–Kier alpha value is -2.34. The van der Waals surface area contributed by atoms with E-state index in [1.807, 2.05) is 32.0 Å². The number of anilines is 2. The van der Waals surface area contributed by atoms with Gasteiger partial charge in [-0.3, -0.25) is 4.98 Å². The fourth-order valence-electron chi connectivity index (χ4n) is 2.09. The SMILES string of the molecule is CCc1cccc(Nc2cc(C)nc(C)c2C#N)c1. The van der Waals surface area contributed by atoms with Gasteiger partial charge in [0.05, 0.1) is 16.9 Å². The molecule has 0 radical (unpaired) electrons. The molecule has 1 aromatic carbocycles. The van der Waals surface area contributed by atoms with E-state index in [0.717, 1.165) is 29.2 Å². The Morgan fingerprint density at radius 3 is 2.74 bits per heavy atom. The number of benzene rings is 1. The van der Waals surface area contributed by atoms with Crippen LogP contribution in [-0.4, -0.2) is 4.98 Å². The highest BCUT2D eigenvalue weighted by atomic mass is 14.9. The summed E-state index contributed by atoms with van der Waals surface area (Å²) in [7, 11) is 0. The third kappa shape index (κ3) is 2.92. The smallest absolute Gasteiger partial charge is 0.103 e. The van der Waals surface area contributed by atoms with Crippen molar-refractivity contribution < 1.29 is 0 Å². The summed E-state index contributed by atoms with van der Waals surface area (Å²) in [6.07, 6.45) is 0.995. The van der Waals surface area contributed by atoms with Gasteiger partial charge in [0.15, 0.2) is 0 Å². The zero-order valence-corrected chi connectivity index (χ0v) is 11.5. The fourth-order valence-corrected chi connectivity index (χ4v) is 2.09. The number of nitriles is 1. The van der Waals surface area contributed by atoms with E-state index in [-0.39, 0.29) is 0 Å². The third-order valence-electron chi connectivity index (χ3n) is 3.05. The van der Waals surface area contributed by atoms with E-state index in [4.69, 9.17) is 0 Å². The molecule has 0 spiro atoms. The maximum absolute atomic E-state index is 9.24. The summed E-state index contributed by atoms with van der Waals surface area (Å²) < 4.78 is 0. The van der Waals surface area contributed by atoms with Crippen LogP contribution in [0.2, 0.25) is 0 Å². The lowest BCUT2D eigenvalue weighted by Gasteiger charge is -2.11. The largest absolute Gasteiger partial charge is 0.354 e. The zero-order chi connectivity index (χ0) is 13.8. The molecular weight excluding hydrogens is 234 g/mol. The molecule has 2 aromatic rings. The van der Waals surface area contributed by atoms with Crippen molar-refractivity contribution in [1.29, 1.82) is 5.26 Å². The molecule has 0 saturated heterocycles. The standard InChI is InChI=1S/C16H17N3/c1-4-13-6-5-7-14(9-13)19-16-8-11(2)18-12(3)15(16)10-17/h5-9H,4H2,1-3H3,(H,18,19). The minimum Gasteiger partial charge on any atom is -0.354 e. The van der Waals surface area contributed by atoms with Gasteiger partial charge >= 0.3 is 0 Å². The van der Waals surface area contributed by atoms with Crippen molar-refractivity contribution in [2.45, 2.75) is 27.2 Å². The van der Waals surface area contributed by atoms with E-state index in [0.29, 0.717) is 5.56 Å². The second-order valence-electron chi connectivity index (χ2n) is 4.56. The maximum Gasteiger partial charge on any atom is 0.103 e. The molecule has 19 heavy (non-hydrogen) atoms. The van der Waals surface area contributed by atoms with Gasteiger partial charge in [0.2, 0.25) is 0 Å². The van der Waals surface area contributed by atoms with Crippen LogP contribution in [0.4, 0.5) is 11.4 Å². The summed E-state index contributed by atoms with van der Waals surface area (Å²) in [4.78, 5) is 4.32. The van der Waals surface area contributed by atoms with Crippen LogP contribution in [-0.2, 0) is 6.42 Å². The maximum atomic E-state index is 9.24.